The average Bonchev–Trinajstić information content (AvgIpc) is 3.21. The average molecular weight is 456 g/mol. The second-order valence-electron chi connectivity index (χ2n) is 10.3. The number of hydrogen-bond donors (Lipinski definition) is 1. The van der Waals surface area contributed by atoms with Crippen molar-refractivity contribution in [2.24, 2.45) is 0 Å². The number of pyridine rings is 1. The van der Waals surface area contributed by atoms with E-state index in [1.165, 1.54) is 21.9 Å². The molecule has 2 fully saturated rings. The second-order valence-corrected chi connectivity index (χ2v) is 10.3. The molecule has 2 aliphatic heterocycles. The largest absolute Gasteiger partial charge is 0.391 e. The molecule has 176 valence electrons. The third-order valence-corrected chi connectivity index (χ3v) is 8.31. The molecule has 6 rings (SSSR count). The maximum atomic E-state index is 13.5. The van der Waals surface area contributed by atoms with Crippen molar-refractivity contribution in [2.75, 3.05) is 13.1 Å². The second kappa shape index (κ2) is 9.12. The van der Waals surface area contributed by atoms with Crippen molar-refractivity contribution in [3.63, 3.8) is 0 Å². The van der Waals surface area contributed by atoms with Gasteiger partial charge in [0.25, 0.3) is 5.91 Å². The van der Waals surface area contributed by atoms with Gasteiger partial charge in [0.2, 0.25) is 0 Å². The summed E-state index contributed by atoms with van der Waals surface area (Å²) >= 11 is 0. The molecule has 5 nitrogen and oxygen atoms in total. The lowest BCUT2D eigenvalue weighted by atomic mass is 9.89. The Kier molecular flexibility index (Phi) is 5.84. The van der Waals surface area contributed by atoms with Gasteiger partial charge in [-0.25, -0.2) is 0 Å². The number of likely N-dealkylation sites (tertiary alicyclic amines) is 1. The lowest BCUT2D eigenvalue weighted by Gasteiger charge is -2.35. The van der Waals surface area contributed by atoms with Crippen LogP contribution in [0, 0.1) is 0 Å². The summed E-state index contributed by atoms with van der Waals surface area (Å²) in [5.74, 6) is 0.706. The summed E-state index contributed by atoms with van der Waals surface area (Å²) in [4.78, 5) is 22.2. The van der Waals surface area contributed by atoms with Gasteiger partial charge in [0.15, 0.2) is 0 Å². The summed E-state index contributed by atoms with van der Waals surface area (Å²) in [5, 5.41) is 13.1. The van der Waals surface area contributed by atoms with Crippen LogP contribution in [0.1, 0.15) is 71.5 Å². The fourth-order valence-corrected chi connectivity index (χ4v) is 6.42. The molecule has 1 N–H and O–H groups in total. The van der Waals surface area contributed by atoms with Crippen LogP contribution in [0.25, 0.3) is 10.8 Å². The van der Waals surface area contributed by atoms with Gasteiger partial charge in [-0.3, -0.25) is 14.7 Å². The van der Waals surface area contributed by atoms with Crippen LogP contribution in [-0.2, 0) is 13.1 Å². The van der Waals surface area contributed by atoms with Gasteiger partial charge in [0, 0.05) is 31.0 Å². The molecule has 3 aliphatic rings. The maximum Gasteiger partial charge on any atom is 0.254 e. The van der Waals surface area contributed by atoms with Crippen molar-refractivity contribution in [3.05, 3.63) is 77.1 Å². The predicted molar refractivity (Wildman–Crippen MR) is 134 cm³/mol. The van der Waals surface area contributed by atoms with E-state index in [-0.39, 0.29) is 11.9 Å². The number of aromatic nitrogens is 1. The quantitative estimate of drug-likeness (QED) is 0.610. The smallest absolute Gasteiger partial charge is 0.254 e. The minimum atomic E-state index is -0.403. The van der Waals surface area contributed by atoms with Crippen LogP contribution in [0.5, 0.6) is 0 Å². The molecular formula is C29H33N3O2. The van der Waals surface area contributed by atoms with Crippen molar-refractivity contribution in [1.29, 1.82) is 0 Å². The first-order valence-electron chi connectivity index (χ1n) is 12.8. The van der Waals surface area contributed by atoms with Crippen LogP contribution >= 0.6 is 0 Å². The van der Waals surface area contributed by atoms with Gasteiger partial charge in [-0.15, -0.1) is 0 Å². The number of fused-ring (bicyclic) bond motifs is 3. The van der Waals surface area contributed by atoms with Crippen molar-refractivity contribution in [2.45, 2.75) is 69.7 Å². The molecule has 0 spiro atoms. The molecule has 1 aliphatic carbocycles. The minimum absolute atomic E-state index is 0.0527. The Hall–Kier alpha value is -2.76. The fourth-order valence-electron chi connectivity index (χ4n) is 6.42. The summed E-state index contributed by atoms with van der Waals surface area (Å²) in [6, 6.07) is 15.0. The number of amides is 1. The number of rotatable bonds is 4. The van der Waals surface area contributed by atoms with Gasteiger partial charge in [-0.05, 0) is 90.4 Å². The van der Waals surface area contributed by atoms with E-state index in [9.17, 15) is 9.90 Å². The van der Waals surface area contributed by atoms with Gasteiger partial charge < -0.3 is 10.0 Å². The highest BCUT2D eigenvalue weighted by molar-refractivity contribution is 6.05. The van der Waals surface area contributed by atoms with Crippen LogP contribution in [-0.4, -0.2) is 51.0 Å². The molecule has 2 atom stereocenters. The highest BCUT2D eigenvalue weighted by Crippen LogP contribution is 2.37. The summed E-state index contributed by atoms with van der Waals surface area (Å²) in [6.45, 7) is 3.61. The molecule has 1 saturated carbocycles. The molecule has 34 heavy (non-hydrogen) atoms. The number of benzene rings is 2. The molecule has 3 aromatic rings. The highest BCUT2D eigenvalue weighted by Gasteiger charge is 2.38. The number of carbonyl (C=O) groups is 1. The normalized spacial score (nSPS) is 24.0. The van der Waals surface area contributed by atoms with Gasteiger partial charge >= 0.3 is 0 Å². The maximum absolute atomic E-state index is 13.5. The molecule has 5 heteroatoms. The minimum Gasteiger partial charge on any atom is -0.391 e. The molecule has 1 amide bonds. The van der Waals surface area contributed by atoms with Crippen LogP contribution in [0.15, 0.2) is 54.9 Å². The molecule has 1 saturated heterocycles. The number of aliphatic hydroxyl groups excluding tert-OH is 1. The summed E-state index contributed by atoms with van der Waals surface area (Å²) in [6.07, 6.45) is 9.53. The standard InChI is InChI=1S/C29H33N3O2/c33-28-8-4-3-7-27(28)32-19-26-24-6-2-1-5-23(24)22(17-25(26)29(32)34)18-31-15-11-21(12-16-31)20-9-13-30-14-10-20/h1-2,5-6,9-10,13-14,17,21,27-28,33H,3-4,7-8,11-12,15-16,18-19H2. The van der Waals surface area contributed by atoms with Crippen molar-refractivity contribution < 1.29 is 9.90 Å². The van der Waals surface area contributed by atoms with E-state index in [1.807, 2.05) is 17.3 Å². The lowest BCUT2D eigenvalue weighted by molar-refractivity contribution is 0.0192. The molecule has 2 aromatic carbocycles. The zero-order valence-corrected chi connectivity index (χ0v) is 19.7. The van der Waals surface area contributed by atoms with Crippen molar-refractivity contribution in [1.82, 2.24) is 14.8 Å². The number of hydrogen-bond acceptors (Lipinski definition) is 4. The zero-order chi connectivity index (χ0) is 23.1. The van der Waals surface area contributed by atoms with Crippen molar-refractivity contribution in [3.8, 4) is 0 Å². The summed E-state index contributed by atoms with van der Waals surface area (Å²) in [7, 11) is 0. The number of nitrogens with zero attached hydrogens (tertiary/aromatic N) is 3. The fraction of sp³-hybridized carbons (Fsp3) is 0.448. The summed E-state index contributed by atoms with van der Waals surface area (Å²) in [5.41, 5.74) is 4.63. The van der Waals surface area contributed by atoms with Gasteiger partial charge in [-0.2, -0.15) is 0 Å². The Labute approximate surface area is 201 Å². The highest BCUT2D eigenvalue weighted by atomic mass is 16.3. The van der Waals surface area contributed by atoms with Gasteiger partial charge in [0.05, 0.1) is 12.1 Å². The molecule has 0 radical (unpaired) electrons. The Morgan fingerprint density at radius 1 is 0.941 bits per heavy atom. The lowest BCUT2D eigenvalue weighted by Crippen LogP contribution is -2.45. The molecule has 3 heterocycles. The topological polar surface area (TPSA) is 56.7 Å². The van der Waals surface area contributed by atoms with Gasteiger partial charge in [-0.1, -0.05) is 37.1 Å². The Bertz CT molecular complexity index is 1190. The number of carbonyl (C=O) groups excluding carboxylic acids is 1. The first-order valence-corrected chi connectivity index (χ1v) is 12.8. The van der Waals surface area contributed by atoms with E-state index < -0.39 is 6.10 Å². The summed E-state index contributed by atoms with van der Waals surface area (Å²) < 4.78 is 0. The first-order chi connectivity index (χ1) is 16.7. The number of piperidine rings is 1. The Balaban J connectivity index is 1.25. The molecule has 0 bridgehead atoms. The van der Waals surface area contributed by atoms with Crippen molar-refractivity contribution >= 4 is 16.7 Å². The predicted octanol–water partition coefficient (Wildman–Crippen LogP) is 4.87. The Morgan fingerprint density at radius 2 is 1.68 bits per heavy atom. The number of aliphatic hydroxyl groups is 1. The zero-order valence-electron chi connectivity index (χ0n) is 19.7. The SMILES string of the molecule is O=C1c2cc(CN3CCC(c4ccncc4)CC3)c3ccccc3c2CN1C1CCCCC1O. The van der Waals surface area contributed by atoms with Crippen LogP contribution < -0.4 is 0 Å². The first kappa shape index (κ1) is 21.8. The van der Waals surface area contributed by atoms with E-state index >= 15 is 0 Å². The van der Waals surface area contributed by atoms with Crippen LogP contribution in [0.2, 0.25) is 0 Å². The van der Waals surface area contributed by atoms with Gasteiger partial charge in [0.1, 0.15) is 0 Å². The molecule has 1 aromatic heterocycles. The van der Waals surface area contributed by atoms with E-state index in [2.05, 4.69) is 52.3 Å². The van der Waals surface area contributed by atoms with E-state index in [1.54, 1.807) is 0 Å². The van der Waals surface area contributed by atoms with E-state index in [0.29, 0.717) is 12.5 Å². The van der Waals surface area contributed by atoms with Crippen LogP contribution in [0.4, 0.5) is 0 Å². The molecule has 2 unspecified atom stereocenters. The molecular weight excluding hydrogens is 422 g/mol. The Morgan fingerprint density at radius 3 is 2.44 bits per heavy atom. The monoisotopic (exact) mass is 455 g/mol. The van der Waals surface area contributed by atoms with E-state index in [0.717, 1.165) is 69.3 Å². The third kappa shape index (κ3) is 3.91. The van der Waals surface area contributed by atoms with Crippen LogP contribution in [0.3, 0.4) is 0 Å². The van der Waals surface area contributed by atoms with E-state index in [4.69, 9.17) is 0 Å². The third-order valence-electron chi connectivity index (χ3n) is 8.31.